The minimum atomic E-state index is -1.03. The molecule has 0 spiro atoms. The Bertz CT molecular complexity index is 771. The molecule has 23 heavy (non-hydrogen) atoms. The van der Waals surface area contributed by atoms with Crippen LogP contribution < -0.4 is 0 Å². The first-order valence-electron chi connectivity index (χ1n) is 7.34. The second-order valence-electron chi connectivity index (χ2n) is 5.54. The molecular formula is C16H17BrN2O4. The number of halogens is 1. The van der Waals surface area contributed by atoms with Crippen LogP contribution in [0.1, 0.15) is 5.69 Å². The van der Waals surface area contributed by atoms with Crippen molar-refractivity contribution in [3.8, 4) is 0 Å². The van der Waals surface area contributed by atoms with Crippen LogP contribution in [0.25, 0.3) is 10.9 Å². The lowest BCUT2D eigenvalue weighted by atomic mass is 10.2. The third-order valence-electron chi connectivity index (χ3n) is 4.14. The molecule has 1 N–H and O–H groups in total. The maximum absolute atomic E-state index is 12.6. The highest BCUT2D eigenvalue weighted by molar-refractivity contribution is 9.10. The molecule has 7 heteroatoms. The van der Waals surface area contributed by atoms with Crippen molar-refractivity contribution in [1.29, 1.82) is 0 Å². The Morgan fingerprint density at radius 2 is 2.13 bits per heavy atom. The molecule has 122 valence electrons. The molecule has 1 aromatic carbocycles. The van der Waals surface area contributed by atoms with Gasteiger partial charge in [0.25, 0.3) is 0 Å². The Labute approximate surface area is 141 Å². The van der Waals surface area contributed by atoms with Gasteiger partial charge in [0.05, 0.1) is 13.2 Å². The largest absolute Gasteiger partial charge is 0.479 e. The van der Waals surface area contributed by atoms with Crippen LogP contribution >= 0.6 is 15.9 Å². The van der Waals surface area contributed by atoms with Crippen molar-refractivity contribution in [3.05, 3.63) is 34.4 Å². The highest BCUT2D eigenvalue weighted by Gasteiger charge is 2.29. The summed E-state index contributed by atoms with van der Waals surface area (Å²) in [5.74, 6) is -1.14. The lowest BCUT2D eigenvalue weighted by Gasteiger charge is -2.31. The van der Waals surface area contributed by atoms with E-state index in [0.29, 0.717) is 6.54 Å². The number of carbonyl (C=O) groups excluding carboxylic acids is 1. The molecule has 6 nitrogen and oxygen atoms in total. The van der Waals surface area contributed by atoms with E-state index in [1.165, 1.54) is 0 Å². The topological polar surface area (TPSA) is 71.8 Å². The zero-order chi connectivity index (χ0) is 16.6. The Hall–Kier alpha value is -1.86. The number of carboxylic acid groups (broad SMARTS) is 1. The molecule has 1 saturated heterocycles. The van der Waals surface area contributed by atoms with E-state index in [4.69, 9.17) is 9.84 Å². The normalized spacial score (nSPS) is 18.3. The molecule has 1 atom stereocenters. The van der Waals surface area contributed by atoms with Crippen molar-refractivity contribution in [2.45, 2.75) is 19.6 Å². The van der Waals surface area contributed by atoms with Gasteiger partial charge in [-0.25, -0.2) is 4.79 Å². The number of hydrogen-bond donors (Lipinski definition) is 1. The van der Waals surface area contributed by atoms with E-state index in [-0.39, 0.29) is 25.6 Å². The Morgan fingerprint density at radius 1 is 1.39 bits per heavy atom. The van der Waals surface area contributed by atoms with Gasteiger partial charge in [-0.3, -0.25) is 4.79 Å². The highest BCUT2D eigenvalue weighted by atomic mass is 79.9. The SMILES string of the molecule is Cc1c(Br)c2ccccc2n1CC(=O)N1CCOC(C(=O)O)C1. The van der Waals surface area contributed by atoms with Crippen LogP contribution in [0.2, 0.25) is 0 Å². The lowest BCUT2D eigenvalue weighted by molar-refractivity contribution is -0.159. The number of nitrogens with zero attached hydrogens (tertiary/aromatic N) is 2. The van der Waals surface area contributed by atoms with Crippen LogP contribution in [0.4, 0.5) is 0 Å². The molecule has 2 heterocycles. The van der Waals surface area contributed by atoms with E-state index in [1.807, 2.05) is 35.8 Å². The summed E-state index contributed by atoms with van der Waals surface area (Å²) in [6.45, 7) is 2.90. The average molecular weight is 381 g/mol. The van der Waals surface area contributed by atoms with Crippen molar-refractivity contribution in [3.63, 3.8) is 0 Å². The van der Waals surface area contributed by atoms with Gasteiger partial charge in [0.15, 0.2) is 6.10 Å². The molecular weight excluding hydrogens is 364 g/mol. The number of amides is 1. The fraction of sp³-hybridized carbons (Fsp3) is 0.375. The second-order valence-corrected chi connectivity index (χ2v) is 6.33. The van der Waals surface area contributed by atoms with Gasteiger partial charge in [-0.15, -0.1) is 0 Å². The fourth-order valence-corrected chi connectivity index (χ4v) is 3.40. The Morgan fingerprint density at radius 3 is 2.87 bits per heavy atom. The number of fused-ring (bicyclic) bond motifs is 1. The van der Waals surface area contributed by atoms with Crippen LogP contribution in [0, 0.1) is 6.92 Å². The zero-order valence-corrected chi connectivity index (χ0v) is 14.2. The molecule has 0 radical (unpaired) electrons. The smallest absolute Gasteiger partial charge is 0.334 e. The van der Waals surface area contributed by atoms with Crippen LogP contribution in [0.5, 0.6) is 0 Å². The molecule has 1 fully saturated rings. The third kappa shape index (κ3) is 2.98. The van der Waals surface area contributed by atoms with E-state index in [1.54, 1.807) is 4.90 Å². The summed E-state index contributed by atoms with van der Waals surface area (Å²) in [4.78, 5) is 25.2. The second kappa shape index (κ2) is 6.33. The number of carbonyl (C=O) groups is 2. The number of aliphatic carboxylic acids is 1. The van der Waals surface area contributed by atoms with Gasteiger partial charge in [0, 0.05) is 27.6 Å². The van der Waals surface area contributed by atoms with Crippen molar-refractivity contribution < 1.29 is 19.4 Å². The van der Waals surface area contributed by atoms with E-state index >= 15 is 0 Å². The van der Waals surface area contributed by atoms with Gasteiger partial charge in [0.1, 0.15) is 6.54 Å². The molecule has 1 aromatic heterocycles. The van der Waals surface area contributed by atoms with Gasteiger partial charge in [-0.2, -0.15) is 0 Å². The summed E-state index contributed by atoms with van der Waals surface area (Å²) >= 11 is 3.57. The predicted molar refractivity (Wildman–Crippen MR) is 88.3 cm³/mol. The molecule has 1 unspecified atom stereocenters. The van der Waals surface area contributed by atoms with E-state index in [2.05, 4.69) is 15.9 Å². The molecule has 1 aliphatic rings. The molecule has 1 amide bonds. The summed E-state index contributed by atoms with van der Waals surface area (Å²) in [7, 11) is 0. The number of benzene rings is 1. The van der Waals surface area contributed by atoms with Gasteiger partial charge >= 0.3 is 5.97 Å². The quantitative estimate of drug-likeness (QED) is 0.883. The van der Waals surface area contributed by atoms with E-state index in [0.717, 1.165) is 21.1 Å². The first-order valence-corrected chi connectivity index (χ1v) is 8.14. The molecule has 0 saturated carbocycles. The Kier molecular flexibility index (Phi) is 4.41. The van der Waals surface area contributed by atoms with Crippen LogP contribution in [0.3, 0.4) is 0 Å². The Balaban J connectivity index is 1.83. The predicted octanol–water partition coefficient (Wildman–Crippen LogP) is 2.02. The minimum Gasteiger partial charge on any atom is -0.479 e. The minimum absolute atomic E-state index is 0.0909. The maximum atomic E-state index is 12.6. The first kappa shape index (κ1) is 16.0. The number of ether oxygens (including phenoxy) is 1. The first-order chi connectivity index (χ1) is 11.0. The third-order valence-corrected chi connectivity index (χ3v) is 5.14. The van der Waals surface area contributed by atoms with E-state index < -0.39 is 12.1 Å². The molecule has 0 bridgehead atoms. The number of aromatic nitrogens is 1. The fourth-order valence-electron chi connectivity index (χ4n) is 2.85. The van der Waals surface area contributed by atoms with Gasteiger partial charge in [0.2, 0.25) is 5.91 Å². The summed E-state index contributed by atoms with van der Waals surface area (Å²) in [5.41, 5.74) is 1.95. The standard InChI is InChI=1S/C16H17BrN2O4/c1-10-15(17)11-4-2-3-5-12(11)19(10)9-14(20)18-6-7-23-13(8-18)16(21)22/h2-5,13H,6-9H2,1H3,(H,21,22). The van der Waals surface area contributed by atoms with Crippen molar-refractivity contribution in [2.75, 3.05) is 19.7 Å². The van der Waals surface area contributed by atoms with Crippen molar-refractivity contribution in [1.82, 2.24) is 9.47 Å². The van der Waals surface area contributed by atoms with Crippen LogP contribution in [-0.2, 0) is 20.9 Å². The monoisotopic (exact) mass is 380 g/mol. The number of morpholine rings is 1. The number of hydrogen-bond acceptors (Lipinski definition) is 3. The van der Waals surface area contributed by atoms with Crippen molar-refractivity contribution in [2.24, 2.45) is 0 Å². The van der Waals surface area contributed by atoms with E-state index in [9.17, 15) is 9.59 Å². The summed E-state index contributed by atoms with van der Waals surface area (Å²) in [6, 6.07) is 7.87. The van der Waals surface area contributed by atoms with Gasteiger partial charge in [-0.1, -0.05) is 18.2 Å². The molecule has 0 aliphatic carbocycles. The highest BCUT2D eigenvalue weighted by Crippen LogP contribution is 2.30. The van der Waals surface area contributed by atoms with Gasteiger partial charge < -0.3 is 19.3 Å². The zero-order valence-electron chi connectivity index (χ0n) is 12.7. The molecule has 1 aliphatic heterocycles. The molecule has 2 aromatic rings. The number of rotatable bonds is 3. The van der Waals surface area contributed by atoms with Crippen LogP contribution in [-0.4, -0.2) is 52.3 Å². The lowest BCUT2D eigenvalue weighted by Crippen LogP contribution is -2.49. The summed E-state index contributed by atoms with van der Waals surface area (Å²) in [6.07, 6.45) is -0.943. The maximum Gasteiger partial charge on any atom is 0.334 e. The average Bonchev–Trinajstić information content (AvgIpc) is 2.80. The number of para-hydroxylation sites is 1. The molecule has 3 rings (SSSR count). The summed E-state index contributed by atoms with van der Waals surface area (Å²) < 4.78 is 8.09. The summed E-state index contributed by atoms with van der Waals surface area (Å²) in [5, 5.41) is 10.1. The number of carboxylic acids is 1. The van der Waals surface area contributed by atoms with Gasteiger partial charge in [-0.05, 0) is 28.9 Å². The van der Waals surface area contributed by atoms with Crippen LogP contribution in [0.15, 0.2) is 28.7 Å². The van der Waals surface area contributed by atoms with Crippen molar-refractivity contribution >= 4 is 38.7 Å².